The molecule has 4 rings (SSSR count). The molecule has 3 amide bonds. The van der Waals surface area contributed by atoms with Gasteiger partial charge < -0.3 is 14.8 Å². The Kier molecular flexibility index (Phi) is 6.20. The number of fused-ring (bicyclic) bond motifs is 1. The fourth-order valence-corrected chi connectivity index (χ4v) is 4.27. The van der Waals surface area contributed by atoms with Gasteiger partial charge in [0.1, 0.15) is 5.75 Å². The summed E-state index contributed by atoms with van der Waals surface area (Å²) < 4.78 is 10.2. The second kappa shape index (κ2) is 9.21. The van der Waals surface area contributed by atoms with Crippen molar-refractivity contribution in [3.05, 3.63) is 54.1 Å². The van der Waals surface area contributed by atoms with Gasteiger partial charge >= 0.3 is 5.97 Å². The zero-order chi connectivity index (χ0) is 22.7. The van der Waals surface area contributed by atoms with Crippen molar-refractivity contribution in [2.24, 2.45) is 11.8 Å². The van der Waals surface area contributed by atoms with Crippen molar-refractivity contribution in [2.45, 2.75) is 25.7 Å². The molecule has 1 saturated carbocycles. The molecule has 1 aliphatic heterocycles. The lowest BCUT2D eigenvalue weighted by Crippen LogP contribution is -2.31. The van der Waals surface area contributed by atoms with Crippen molar-refractivity contribution in [3.8, 4) is 5.75 Å². The first-order chi connectivity index (χ1) is 15.5. The zero-order valence-corrected chi connectivity index (χ0v) is 17.7. The Balaban J connectivity index is 1.38. The Morgan fingerprint density at radius 1 is 1.00 bits per heavy atom. The molecular weight excluding hydrogens is 412 g/mol. The second-order valence-electron chi connectivity index (χ2n) is 7.91. The maximum atomic E-state index is 12.8. The molecule has 0 bridgehead atoms. The predicted octanol–water partition coefficient (Wildman–Crippen LogP) is 3.17. The number of rotatable bonds is 6. The lowest BCUT2D eigenvalue weighted by Gasteiger charge is -2.19. The first-order valence-corrected chi connectivity index (χ1v) is 10.6. The first kappa shape index (κ1) is 21.5. The van der Waals surface area contributed by atoms with Gasteiger partial charge in [-0.1, -0.05) is 18.9 Å². The summed E-state index contributed by atoms with van der Waals surface area (Å²) in [7, 11) is 1.55. The minimum absolute atomic E-state index is 0.162. The van der Waals surface area contributed by atoms with E-state index in [1.807, 2.05) is 0 Å². The van der Waals surface area contributed by atoms with Crippen LogP contribution >= 0.6 is 0 Å². The van der Waals surface area contributed by atoms with E-state index in [2.05, 4.69) is 5.32 Å². The molecular formula is C24H24N2O6. The van der Waals surface area contributed by atoms with E-state index in [0.717, 1.165) is 25.7 Å². The number of imide groups is 1. The van der Waals surface area contributed by atoms with Gasteiger partial charge in [-0.3, -0.25) is 19.3 Å². The number of anilines is 2. The molecule has 1 aliphatic carbocycles. The molecule has 8 nitrogen and oxygen atoms in total. The molecule has 2 aromatic carbocycles. The minimum Gasteiger partial charge on any atom is -0.497 e. The minimum atomic E-state index is -0.715. The van der Waals surface area contributed by atoms with Gasteiger partial charge in [0.15, 0.2) is 6.61 Å². The first-order valence-electron chi connectivity index (χ1n) is 10.6. The quantitative estimate of drug-likeness (QED) is 0.551. The van der Waals surface area contributed by atoms with Gasteiger partial charge in [0.25, 0.3) is 5.91 Å². The van der Waals surface area contributed by atoms with E-state index in [0.29, 0.717) is 17.1 Å². The van der Waals surface area contributed by atoms with Crippen molar-refractivity contribution in [1.82, 2.24) is 0 Å². The Morgan fingerprint density at radius 2 is 1.66 bits per heavy atom. The topological polar surface area (TPSA) is 102 Å². The third-order valence-corrected chi connectivity index (χ3v) is 5.89. The van der Waals surface area contributed by atoms with E-state index in [1.54, 1.807) is 43.5 Å². The number of nitrogens with zero attached hydrogens (tertiary/aromatic N) is 1. The molecule has 1 heterocycles. The molecule has 2 fully saturated rings. The van der Waals surface area contributed by atoms with E-state index in [9.17, 15) is 19.2 Å². The lowest BCUT2D eigenvalue weighted by atomic mass is 9.81. The van der Waals surface area contributed by atoms with Crippen molar-refractivity contribution < 1.29 is 28.7 Å². The number of esters is 1. The largest absolute Gasteiger partial charge is 0.497 e. The van der Waals surface area contributed by atoms with Crippen molar-refractivity contribution in [2.75, 3.05) is 23.9 Å². The van der Waals surface area contributed by atoms with Crippen LogP contribution in [0.3, 0.4) is 0 Å². The van der Waals surface area contributed by atoms with E-state index in [4.69, 9.17) is 9.47 Å². The molecule has 166 valence electrons. The maximum Gasteiger partial charge on any atom is 0.338 e. The molecule has 8 heteroatoms. The molecule has 32 heavy (non-hydrogen) atoms. The SMILES string of the molecule is COc1ccc(NC(=O)COC(=O)c2cccc(N3C(=O)[C@@H]4CCCC[C@H]4C3=O)c2)cc1. The Labute approximate surface area is 185 Å². The predicted molar refractivity (Wildman–Crippen MR) is 116 cm³/mol. The number of benzene rings is 2. The van der Waals surface area contributed by atoms with Crippen LogP contribution in [0.15, 0.2) is 48.5 Å². The smallest absolute Gasteiger partial charge is 0.338 e. The van der Waals surface area contributed by atoms with Gasteiger partial charge in [0, 0.05) is 5.69 Å². The lowest BCUT2D eigenvalue weighted by molar-refractivity contribution is -0.122. The summed E-state index contributed by atoms with van der Waals surface area (Å²) in [4.78, 5) is 51.3. The Bertz CT molecular complexity index is 1020. The highest BCUT2D eigenvalue weighted by atomic mass is 16.5. The van der Waals surface area contributed by atoms with Gasteiger partial charge in [-0.2, -0.15) is 0 Å². The summed E-state index contributed by atoms with van der Waals surface area (Å²) in [6.07, 6.45) is 3.32. The number of nitrogens with one attached hydrogen (secondary N) is 1. The molecule has 2 aliphatic rings. The van der Waals surface area contributed by atoms with Gasteiger partial charge in [0.2, 0.25) is 11.8 Å². The summed E-state index contributed by atoms with van der Waals surface area (Å²) in [5.41, 5.74) is 1.06. The average molecular weight is 436 g/mol. The van der Waals surface area contributed by atoms with Crippen LogP contribution in [-0.4, -0.2) is 37.4 Å². The molecule has 0 radical (unpaired) electrons. The molecule has 0 unspecified atom stereocenters. The van der Waals surface area contributed by atoms with Crippen LogP contribution in [-0.2, 0) is 19.1 Å². The second-order valence-corrected chi connectivity index (χ2v) is 7.91. The highest BCUT2D eigenvalue weighted by Crippen LogP contribution is 2.40. The van der Waals surface area contributed by atoms with E-state index in [1.165, 1.54) is 17.0 Å². The highest BCUT2D eigenvalue weighted by Gasteiger charge is 2.48. The standard InChI is InChI=1S/C24H24N2O6/c1-31-18-11-9-16(10-12-18)25-21(27)14-32-24(30)15-5-4-6-17(13-15)26-22(28)19-7-2-3-8-20(19)23(26)29/h4-6,9-13,19-20H,2-3,7-8,14H2,1H3,(H,25,27)/t19-,20-/m1/s1. The number of amides is 3. The van der Waals surface area contributed by atoms with Crippen LogP contribution in [0, 0.1) is 11.8 Å². The number of carbonyl (C=O) groups excluding carboxylic acids is 4. The summed E-state index contributed by atoms with van der Waals surface area (Å²) in [5, 5.41) is 2.63. The normalized spacial score (nSPS) is 20.0. The van der Waals surface area contributed by atoms with Gasteiger partial charge in [-0.15, -0.1) is 0 Å². The maximum absolute atomic E-state index is 12.8. The van der Waals surface area contributed by atoms with Crippen LogP contribution in [0.25, 0.3) is 0 Å². The van der Waals surface area contributed by atoms with Crippen LogP contribution in [0.1, 0.15) is 36.0 Å². The van der Waals surface area contributed by atoms with Gasteiger partial charge in [0.05, 0.1) is 30.2 Å². The van der Waals surface area contributed by atoms with Crippen LogP contribution in [0.4, 0.5) is 11.4 Å². The third-order valence-electron chi connectivity index (χ3n) is 5.89. The zero-order valence-electron chi connectivity index (χ0n) is 17.7. The highest BCUT2D eigenvalue weighted by molar-refractivity contribution is 6.22. The molecule has 1 N–H and O–H groups in total. The van der Waals surface area contributed by atoms with Crippen LogP contribution in [0.2, 0.25) is 0 Å². The monoisotopic (exact) mass is 436 g/mol. The average Bonchev–Trinajstić information content (AvgIpc) is 3.08. The number of ether oxygens (including phenoxy) is 2. The van der Waals surface area contributed by atoms with Gasteiger partial charge in [-0.05, 0) is 55.3 Å². The molecule has 1 saturated heterocycles. The number of methoxy groups -OCH3 is 1. The molecule has 0 aromatic heterocycles. The summed E-state index contributed by atoms with van der Waals surface area (Å²) in [6.45, 7) is -0.471. The fourth-order valence-electron chi connectivity index (χ4n) is 4.27. The Hall–Kier alpha value is -3.68. The van der Waals surface area contributed by atoms with Crippen molar-refractivity contribution in [1.29, 1.82) is 0 Å². The van der Waals surface area contributed by atoms with Crippen molar-refractivity contribution >= 4 is 35.1 Å². The molecule has 0 spiro atoms. The fraction of sp³-hybridized carbons (Fsp3) is 0.333. The summed E-state index contributed by atoms with van der Waals surface area (Å²) in [6, 6.07) is 12.9. The molecule has 2 atom stereocenters. The number of hydrogen-bond acceptors (Lipinski definition) is 6. The van der Waals surface area contributed by atoms with E-state index < -0.39 is 18.5 Å². The van der Waals surface area contributed by atoms with Gasteiger partial charge in [-0.25, -0.2) is 4.79 Å². The number of carbonyl (C=O) groups is 4. The number of hydrogen-bond donors (Lipinski definition) is 1. The summed E-state index contributed by atoms with van der Waals surface area (Å²) >= 11 is 0. The summed E-state index contributed by atoms with van der Waals surface area (Å²) in [5.74, 6) is -1.50. The van der Waals surface area contributed by atoms with Crippen LogP contribution in [0.5, 0.6) is 5.75 Å². The van der Waals surface area contributed by atoms with Crippen LogP contribution < -0.4 is 15.0 Å². The Morgan fingerprint density at radius 3 is 2.28 bits per heavy atom. The van der Waals surface area contributed by atoms with E-state index >= 15 is 0 Å². The third kappa shape index (κ3) is 4.34. The van der Waals surface area contributed by atoms with Crippen molar-refractivity contribution in [3.63, 3.8) is 0 Å². The van der Waals surface area contributed by atoms with E-state index in [-0.39, 0.29) is 29.2 Å². The molecule has 2 aromatic rings.